The zero-order chi connectivity index (χ0) is 15.4. The second kappa shape index (κ2) is 6.41. The first-order chi connectivity index (χ1) is 9.97. The van der Waals surface area contributed by atoms with Crippen molar-refractivity contribution >= 4 is 23.4 Å². The Morgan fingerprint density at radius 2 is 2.05 bits per heavy atom. The van der Waals surface area contributed by atoms with Crippen LogP contribution in [0.1, 0.15) is 21.5 Å². The van der Waals surface area contributed by atoms with Crippen LogP contribution in [-0.4, -0.2) is 10.8 Å². The number of rotatable bonds is 5. The van der Waals surface area contributed by atoms with Gasteiger partial charge in [-0.3, -0.25) is 14.9 Å². The first-order valence-electron chi connectivity index (χ1n) is 6.24. The molecule has 0 aliphatic heterocycles. The number of hydrogen-bond donors (Lipinski definition) is 1. The lowest BCUT2D eigenvalue weighted by molar-refractivity contribution is -0.385. The normalized spacial score (nSPS) is 10.3. The fourth-order valence-corrected chi connectivity index (χ4v) is 2.89. The molecular weight excluding hydrogens is 288 g/mol. The highest BCUT2D eigenvalue weighted by Gasteiger charge is 2.16. The molecule has 0 radical (unpaired) electrons. The molecular formula is C15H14N2O3S. The van der Waals surface area contributed by atoms with E-state index < -0.39 is 10.8 Å². The van der Waals surface area contributed by atoms with E-state index >= 15 is 0 Å². The van der Waals surface area contributed by atoms with E-state index in [4.69, 9.17) is 5.73 Å². The summed E-state index contributed by atoms with van der Waals surface area (Å²) < 4.78 is 0. The summed E-state index contributed by atoms with van der Waals surface area (Å²) >= 11 is 1.51. The lowest BCUT2D eigenvalue weighted by Crippen LogP contribution is -2.11. The molecule has 2 N–H and O–H groups in total. The second-order valence-electron chi connectivity index (χ2n) is 4.57. The van der Waals surface area contributed by atoms with E-state index in [0.29, 0.717) is 11.3 Å². The van der Waals surface area contributed by atoms with Crippen LogP contribution in [0.4, 0.5) is 5.69 Å². The second-order valence-corrected chi connectivity index (χ2v) is 5.62. The van der Waals surface area contributed by atoms with Crippen molar-refractivity contribution in [3.05, 3.63) is 69.3 Å². The minimum atomic E-state index is -0.670. The van der Waals surface area contributed by atoms with Crippen molar-refractivity contribution in [2.75, 3.05) is 0 Å². The number of carbonyl (C=O) groups is 1. The van der Waals surface area contributed by atoms with Crippen molar-refractivity contribution in [3.8, 4) is 0 Å². The molecule has 0 spiro atoms. The Kier molecular flexibility index (Phi) is 4.59. The molecule has 21 heavy (non-hydrogen) atoms. The van der Waals surface area contributed by atoms with Gasteiger partial charge in [-0.1, -0.05) is 23.8 Å². The molecule has 0 unspecified atom stereocenters. The van der Waals surface area contributed by atoms with Crippen LogP contribution in [0.25, 0.3) is 0 Å². The van der Waals surface area contributed by atoms with Gasteiger partial charge in [0.25, 0.3) is 5.69 Å². The predicted octanol–water partition coefficient (Wildman–Crippen LogP) is 3.29. The van der Waals surface area contributed by atoms with Gasteiger partial charge in [-0.2, -0.15) is 0 Å². The first kappa shape index (κ1) is 15.1. The fraction of sp³-hybridized carbons (Fsp3) is 0.133. The Balaban J connectivity index is 2.23. The highest BCUT2D eigenvalue weighted by molar-refractivity contribution is 7.98. The van der Waals surface area contributed by atoms with Crippen molar-refractivity contribution in [1.29, 1.82) is 0 Å². The first-order valence-corrected chi connectivity index (χ1v) is 7.22. The molecule has 108 valence electrons. The van der Waals surface area contributed by atoms with Crippen LogP contribution in [0.15, 0.2) is 47.4 Å². The Morgan fingerprint density at radius 1 is 1.29 bits per heavy atom. The summed E-state index contributed by atoms with van der Waals surface area (Å²) in [5.41, 5.74) is 6.92. The van der Waals surface area contributed by atoms with Gasteiger partial charge in [-0.05, 0) is 25.1 Å². The van der Waals surface area contributed by atoms with E-state index in [1.54, 1.807) is 6.07 Å². The largest absolute Gasteiger partial charge is 0.366 e. The van der Waals surface area contributed by atoms with Gasteiger partial charge in [-0.15, -0.1) is 11.8 Å². The number of benzene rings is 2. The molecule has 2 rings (SSSR count). The number of nitro groups is 1. The molecule has 2 aromatic rings. The number of primary amides is 1. The molecule has 0 aliphatic rings. The number of nitrogens with two attached hydrogens (primary N) is 1. The molecule has 6 heteroatoms. The Labute approximate surface area is 126 Å². The maximum atomic E-state index is 11.1. The third kappa shape index (κ3) is 3.82. The third-order valence-corrected chi connectivity index (χ3v) is 3.99. The number of aryl methyl sites for hydroxylation is 1. The van der Waals surface area contributed by atoms with Crippen LogP contribution in [-0.2, 0) is 5.75 Å². The van der Waals surface area contributed by atoms with E-state index in [0.717, 1.165) is 10.5 Å². The van der Waals surface area contributed by atoms with Crippen molar-refractivity contribution in [3.63, 3.8) is 0 Å². The number of thioether (sulfide) groups is 1. The Hall–Kier alpha value is -2.34. The van der Waals surface area contributed by atoms with E-state index in [2.05, 4.69) is 0 Å². The lowest BCUT2D eigenvalue weighted by Gasteiger charge is -2.05. The quantitative estimate of drug-likeness (QED) is 0.521. The average Bonchev–Trinajstić information content (AvgIpc) is 2.44. The third-order valence-electron chi connectivity index (χ3n) is 2.95. The van der Waals surface area contributed by atoms with Gasteiger partial charge in [-0.25, -0.2) is 0 Å². The summed E-state index contributed by atoms with van der Waals surface area (Å²) in [5.74, 6) is -0.213. The molecule has 0 fully saturated rings. The molecule has 1 amide bonds. The highest BCUT2D eigenvalue weighted by atomic mass is 32.2. The molecule has 0 aromatic heterocycles. The summed E-state index contributed by atoms with van der Waals surface area (Å²) in [5, 5.41) is 11.1. The van der Waals surface area contributed by atoms with Gasteiger partial charge in [0.2, 0.25) is 5.91 Å². The van der Waals surface area contributed by atoms with Gasteiger partial charge in [0, 0.05) is 27.8 Å². The van der Waals surface area contributed by atoms with E-state index in [1.165, 1.54) is 23.9 Å². The van der Waals surface area contributed by atoms with Crippen LogP contribution >= 0.6 is 11.8 Å². The standard InChI is InChI=1S/C15H14N2O3S/c1-10-3-2-4-13(7-10)21-9-12-6-5-11(15(16)18)8-14(12)17(19)20/h2-8H,9H2,1H3,(H2,16,18). The summed E-state index contributed by atoms with van der Waals surface area (Å²) in [7, 11) is 0. The fourth-order valence-electron chi connectivity index (χ4n) is 1.88. The van der Waals surface area contributed by atoms with Crippen LogP contribution in [0.3, 0.4) is 0 Å². The van der Waals surface area contributed by atoms with Crippen LogP contribution in [0.5, 0.6) is 0 Å². The van der Waals surface area contributed by atoms with Gasteiger partial charge < -0.3 is 5.73 Å². The molecule has 0 bridgehead atoms. The highest BCUT2D eigenvalue weighted by Crippen LogP contribution is 2.29. The zero-order valence-corrected chi connectivity index (χ0v) is 12.2. The van der Waals surface area contributed by atoms with Gasteiger partial charge in [0.15, 0.2) is 0 Å². The van der Waals surface area contributed by atoms with Crippen LogP contribution < -0.4 is 5.73 Å². The molecule has 0 aliphatic carbocycles. The summed E-state index contributed by atoms with van der Waals surface area (Å²) in [6.07, 6.45) is 0. The maximum Gasteiger partial charge on any atom is 0.274 e. The topological polar surface area (TPSA) is 86.2 Å². The average molecular weight is 302 g/mol. The number of nitro benzene ring substituents is 1. The predicted molar refractivity (Wildman–Crippen MR) is 82.4 cm³/mol. The number of amides is 1. The summed E-state index contributed by atoms with van der Waals surface area (Å²) in [4.78, 5) is 22.8. The SMILES string of the molecule is Cc1cccc(SCc2ccc(C(N)=O)cc2[N+](=O)[O-])c1. The van der Waals surface area contributed by atoms with Crippen LogP contribution in [0, 0.1) is 17.0 Å². The lowest BCUT2D eigenvalue weighted by atomic mass is 10.1. The number of hydrogen-bond acceptors (Lipinski definition) is 4. The van der Waals surface area contributed by atoms with E-state index in [9.17, 15) is 14.9 Å². The zero-order valence-electron chi connectivity index (χ0n) is 11.4. The van der Waals surface area contributed by atoms with Crippen molar-refractivity contribution in [2.24, 2.45) is 5.73 Å². The molecule has 2 aromatic carbocycles. The van der Waals surface area contributed by atoms with E-state index in [1.807, 2.05) is 31.2 Å². The summed E-state index contributed by atoms with van der Waals surface area (Å²) in [6, 6.07) is 12.3. The maximum absolute atomic E-state index is 11.1. The van der Waals surface area contributed by atoms with Crippen molar-refractivity contribution in [1.82, 2.24) is 0 Å². The van der Waals surface area contributed by atoms with Gasteiger partial charge >= 0.3 is 0 Å². The van der Waals surface area contributed by atoms with Gasteiger partial charge in [0.1, 0.15) is 0 Å². The molecule has 5 nitrogen and oxygen atoms in total. The van der Waals surface area contributed by atoms with Crippen LogP contribution in [0.2, 0.25) is 0 Å². The minimum absolute atomic E-state index is 0.0774. The number of nitrogens with zero attached hydrogens (tertiary/aromatic N) is 1. The number of carbonyl (C=O) groups excluding carboxylic acids is 1. The Morgan fingerprint density at radius 3 is 2.67 bits per heavy atom. The molecule has 0 atom stereocenters. The van der Waals surface area contributed by atoms with Crippen molar-refractivity contribution < 1.29 is 9.72 Å². The minimum Gasteiger partial charge on any atom is -0.366 e. The molecule has 0 heterocycles. The van der Waals surface area contributed by atoms with Gasteiger partial charge in [0.05, 0.1) is 4.92 Å². The monoisotopic (exact) mass is 302 g/mol. The molecule has 0 saturated heterocycles. The van der Waals surface area contributed by atoms with Crippen molar-refractivity contribution in [2.45, 2.75) is 17.6 Å². The summed E-state index contributed by atoms with van der Waals surface area (Å²) in [6.45, 7) is 1.99. The smallest absolute Gasteiger partial charge is 0.274 e. The Bertz CT molecular complexity index is 701. The molecule has 0 saturated carbocycles. The van der Waals surface area contributed by atoms with E-state index in [-0.39, 0.29) is 11.3 Å².